The first-order valence-corrected chi connectivity index (χ1v) is 7.30. The number of piperidine rings is 1. The van der Waals surface area contributed by atoms with Crippen LogP contribution in [0.5, 0.6) is 0 Å². The Kier molecular flexibility index (Phi) is 4.97. The van der Waals surface area contributed by atoms with Crippen molar-refractivity contribution < 1.29 is 14.5 Å². The van der Waals surface area contributed by atoms with Crippen molar-refractivity contribution >= 4 is 34.8 Å². The third-order valence-electron chi connectivity index (χ3n) is 3.67. The van der Waals surface area contributed by atoms with Crippen LogP contribution in [-0.4, -0.2) is 34.7 Å². The van der Waals surface area contributed by atoms with Gasteiger partial charge in [-0.05, 0) is 30.9 Å². The number of nitrogens with zero attached hydrogens (tertiary/aromatic N) is 2. The second-order valence-corrected chi connectivity index (χ2v) is 5.76. The molecule has 1 N–H and O–H groups in total. The fourth-order valence-electron chi connectivity index (χ4n) is 2.27. The van der Waals surface area contributed by atoms with Crippen molar-refractivity contribution in [3.63, 3.8) is 0 Å². The number of hydrogen-bond donors (Lipinski definition) is 1. The summed E-state index contributed by atoms with van der Waals surface area (Å²) in [5, 5.41) is 13.2. The van der Waals surface area contributed by atoms with Gasteiger partial charge in [-0.3, -0.25) is 19.7 Å². The van der Waals surface area contributed by atoms with Gasteiger partial charge in [0.25, 0.3) is 5.69 Å². The van der Waals surface area contributed by atoms with Crippen LogP contribution in [0.4, 0.5) is 11.4 Å². The Morgan fingerprint density at radius 2 is 2.00 bits per heavy atom. The van der Waals surface area contributed by atoms with Gasteiger partial charge in [0.05, 0.1) is 4.92 Å². The molecule has 7 nitrogen and oxygen atoms in total. The monoisotopic (exact) mass is 325 g/mol. The number of carbonyl (C=O) groups excluding carboxylic acids is 2. The van der Waals surface area contributed by atoms with Gasteiger partial charge in [-0.1, -0.05) is 18.5 Å². The number of halogens is 1. The predicted molar refractivity (Wildman–Crippen MR) is 81.7 cm³/mol. The zero-order chi connectivity index (χ0) is 16.3. The van der Waals surface area contributed by atoms with E-state index in [0.717, 1.165) is 18.9 Å². The molecule has 118 valence electrons. The highest BCUT2D eigenvalue weighted by molar-refractivity contribution is 6.39. The number of amides is 2. The molecule has 1 heterocycles. The van der Waals surface area contributed by atoms with E-state index in [-0.39, 0.29) is 16.4 Å². The molecule has 1 saturated heterocycles. The summed E-state index contributed by atoms with van der Waals surface area (Å²) in [5.74, 6) is -0.873. The van der Waals surface area contributed by atoms with Gasteiger partial charge >= 0.3 is 11.8 Å². The lowest BCUT2D eigenvalue weighted by atomic mass is 9.99. The van der Waals surface area contributed by atoms with Crippen LogP contribution < -0.4 is 5.32 Å². The average molecular weight is 326 g/mol. The SMILES string of the molecule is CC1CCN(C(=O)C(=O)Nc2ccc(Cl)c([N+](=O)[O-])c2)CC1. The van der Waals surface area contributed by atoms with Gasteiger partial charge in [0.2, 0.25) is 0 Å². The molecule has 2 rings (SSSR count). The van der Waals surface area contributed by atoms with E-state index >= 15 is 0 Å². The summed E-state index contributed by atoms with van der Waals surface area (Å²) in [7, 11) is 0. The van der Waals surface area contributed by atoms with Gasteiger partial charge in [0.15, 0.2) is 0 Å². The Bertz CT molecular complexity index is 612. The third-order valence-corrected chi connectivity index (χ3v) is 3.99. The molecule has 0 aromatic heterocycles. The van der Waals surface area contributed by atoms with Crippen LogP contribution in [0.15, 0.2) is 18.2 Å². The molecule has 1 aromatic rings. The zero-order valence-electron chi connectivity index (χ0n) is 12.0. The van der Waals surface area contributed by atoms with Crippen LogP contribution in [0.3, 0.4) is 0 Å². The van der Waals surface area contributed by atoms with Crippen molar-refractivity contribution in [3.05, 3.63) is 33.3 Å². The second-order valence-electron chi connectivity index (χ2n) is 5.35. The van der Waals surface area contributed by atoms with E-state index in [1.54, 1.807) is 0 Å². The van der Waals surface area contributed by atoms with Crippen LogP contribution in [0.2, 0.25) is 5.02 Å². The van der Waals surface area contributed by atoms with E-state index in [1.807, 2.05) is 0 Å². The Labute approximate surface area is 132 Å². The van der Waals surface area contributed by atoms with Crippen molar-refractivity contribution in [2.24, 2.45) is 5.92 Å². The minimum atomic E-state index is -0.800. The number of nitro benzene ring substituents is 1. The highest BCUT2D eigenvalue weighted by atomic mass is 35.5. The average Bonchev–Trinajstić information content (AvgIpc) is 2.49. The molecule has 1 aromatic carbocycles. The van der Waals surface area contributed by atoms with E-state index in [1.165, 1.54) is 17.0 Å². The van der Waals surface area contributed by atoms with E-state index < -0.39 is 16.7 Å². The Hall–Kier alpha value is -2.15. The molecule has 0 unspecified atom stereocenters. The Morgan fingerprint density at radius 1 is 1.36 bits per heavy atom. The molecule has 0 saturated carbocycles. The first kappa shape index (κ1) is 16.2. The number of nitrogens with one attached hydrogen (secondary N) is 1. The van der Waals surface area contributed by atoms with E-state index in [9.17, 15) is 19.7 Å². The lowest BCUT2D eigenvalue weighted by Crippen LogP contribution is -2.43. The molecular weight excluding hydrogens is 310 g/mol. The number of carbonyl (C=O) groups is 2. The zero-order valence-corrected chi connectivity index (χ0v) is 12.8. The van der Waals surface area contributed by atoms with Crippen LogP contribution in [0.1, 0.15) is 19.8 Å². The minimum Gasteiger partial charge on any atom is -0.334 e. The van der Waals surface area contributed by atoms with Gasteiger partial charge in [-0.15, -0.1) is 0 Å². The second kappa shape index (κ2) is 6.74. The molecule has 0 atom stereocenters. The molecule has 0 bridgehead atoms. The van der Waals surface area contributed by atoms with Crippen molar-refractivity contribution in [3.8, 4) is 0 Å². The maximum atomic E-state index is 12.0. The van der Waals surface area contributed by atoms with Gasteiger partial charge in [0.1, 0.15) is 5.02 Å². The molecule has 22 heavy (non-hydrogen) atoms. The standard InChI is InChI=1S/C14H16ClN3O4/c1-9-4-6-17(7-5-9)14(20)13(19)16-10-2-3-11(15)12(8-10)18(21)22/h2-3,8-9H,4-7H2,1H3,(H,16,19). The quantitative estimate of drug-likeness (QED) is 0.513. The predicted octanol–water partition coefficient (Wildman–Crippen LogP) is 2.45. The Morgan fingerprint density at radius 3 is 2.59 bits per heavy atom. The maximum Gasteiger partial charge on any atom is 0.313 e. The summed E-state index contributed by atoms with van der Waals surface area (Å²) in [6.45, 7) is 3.21. The third kappa shape index (κ3) is 3.73. The van der Waals surface area contributed by atoms with E-state index in [4.69, 9.17) is 11.6 Å². The van der Waals surface area contributed by atoms with Gasteiger partial charge < -0.3 is 10.2 Å². The smallest absolute Gasteiger partial charge is 0.313 e. The molecule has 1 aliphatic rings. The number of hydrogen-bond acceptors (Lipinski definition) is 4. The largest absolute Gasteiger partial charge is 0.334 e. The molecular formula is C14H16ClN3O4. The fraction of sp³-hybridized carbons (Fsp3) is 0.429. The van der Waals surface area contributed by atoms with Crippen LogP contribution in [0, 0.1) is 16.0 Å². The maximum absolute atomic E-state index is 12.0. The summed E-state index contributed by atoms with van der Waals surface area (Å²) in [6, 6.07) is 3.85. The molecule has 1 aliphatic heterocycles. The number of nitro groups is 1. The summed E-state index contributed by atoms with van der Waals surface area (Å²) in [5.41, 5.74) is -0.154. The summed E-state index contributed by atoms with van der Waals surface area (Å²) >= 11 is 5.70. The topological polar surface area (TPSA) is 92.6 Å². The first-order chi connectivity index (χ1) is 10.4. The van der Waals surface area contributed by atoms with Crippen molar-refractivity contribution in [1.29, 1.82) is 0 Å². The first-order valence-electron chi connectivity index (χ1n) is 6.92. The van der Waals surface area contributed by atoms with Gasteiger partial charge in [0, 0.05) is 24.8 Å². The van der Waals surface area contributed by atoms with E-state index in [0.29, 0.717) is 19.0 Å². The normalized spacial score (nSPS) is 15.5. The van der Waals surface area contributed by atoms with Crippen molar-refractivity contribution in [2.75, 3.05) is 18.4 Å². The fourth-order valence-corrected chi connectivity index (χ4v) is 2.46. The van der Waals surface area contributed by atoms with Crippen molar-refractivity contribution in [1.82, 2.24) is 4.90 Å². The lowest BCUT2D eigenvalue weighted by molar-refractivity contribution is -0.384. The van der Waals surface area contributed by atoms with Crippen LogP contribution in [0.25, 0.3) is 0 Å². The minimum absolute atomic E-state index is 0.0284. The number of rotatable bonds is 2. The number of anilines is 1. The summed E-state index contributed by atoms with van der Waals surface area (Å²) in [6.07, 6.45) is 1.73. The van der Waals surface area contributed by atoms with E-state index in [2.05, 4.69) is 12.2 Å². The number of likely N-dealkylation sites (tertiary alicyclic amines) is 1. The lowest BCUT2D eigenvalue weighted by Gasteiger charge is -2.29. The molecule has 1 fully saturated rings. The Balaban J connectivity index is 2.04. The summed E-state index contributed by atoms with van der Waals surface area (Å²) < 4.78 is 0. The van der Waals surface area contributed by atoms with Gasteiger partial charge in [-0.2, -0.15) is 0 Å². The highest BCUT2D eigenvalue weighted by Gasteiger charge is 2.26. The van der Waals surface area contributed by atoms with Crippen LogP contribution >= 0.6 is 11.6 Å². The van der Waals surface area contributed by atoms with Crippen LogP contribution in [-0.2, 0) is 9.59 Å². The molecule has 0 aliphatic carbocycles. The summed E-state index contributed by atoms with van der Waals surface area (Å²) in [4.78, 5) is 35.7. The van der Waals surface area contributed by atoms with Gasteiger partial charge in [-0.25, -0.2) is 0 Å². The number of benzene rings is 1. The highest BCUT2D eigenvalue weighted by Crippen LogP contribution is 2.27. The molecule has 0 radical (unpaired) electrons. The molecule has 2 amide bonds. The molecule has 8 heteroatoms. The van der Waals surface area contributed by atoms with Crippen molar-refractivity contribution in [2.45, 2.75) is 19.8 Å². The molecule has 0 spiro atoms.